The maximum atomic E-state index is 9.48. The average Bonchev–Trinajstić information content (AvgIpc) is 2.86. The number of aromatic nitrogens is 2. The number of hydrogen-bond donors (Lipinski definition) is 1. The molecule has 1 aliphatic rings. The van der Waals surface area contributed by atoms with Crippen molar-refractivity contribution in [1.29, 1.82) is 0 Å². The molecule has 0 aliphatic carbocycles. The second-order valence-electron chi connectivity index (χ2n) is 4.36. The van der Waals surface area contributed by atoms with E-state index in [9.17, 15) is 5.11 Å². The Morgan fingerprint density at radius 3 is 3.00 bits per heavy atom. The van der Waals surface area contributed by atoms with E-state index >= 15 is 0 Å². The summed E-state index contributed by atoms with van der Waals surface area (Å²) in [5, 5.41) is 13.6. The SMILES string of the molecule is CC(O)C1CCN(CCn2cccn2)C1. The molecule has 2 unspecified atom stereocenters. The number of likely N-dealkylation sites (tertiary alicyclic amines) is 1. The van der Waals surface area contributed by atoms with Crippen LogP contribution in [0.4, 0.5) is 0 Å². The molecule has 1 aliphatic heterocycles. The lowest BCUT2D eigenvalue weighted by atomic mass is 10.0. The molecule has 4 nitrogen and oxygen atoms in total. The van der Waals surface area contributed by atoms with Crippen LogP contribution in [0.25, 0.3) is 0 Å². The van der Waals surface area contributed by atoms with E-state index in [0.29, 0.717) is 5.92 Å². The molecule has 0 aromatic carbocycles. The van der Waals surface area contributed by atoms with Crippen LogP contribution in [0.3, 0.4) is 0 Å². The minimum atomic E-state index is -0.167. The van der Waals surface area contributed by atoms with E-state index in [0.717, 1.165) is 32.6 Å². The van der Waals surface area contributed by atoms with Crippen LogP contribution in [-0.2, 0) is 6.54 Å². The normalized spacial score (nSPS) is 24.5. The monoisotopic (exact) mass is 209 g/mol. The highest BCUT2D eigenvalue weighted by Crippen LogP contribution is 2.19. The van der Waals surface area contributed by atoms with Crippen molar-refractivity contribution in [2.75, 3.05) is 19.6 Å². The lowest BCUT2D eigenvalue weighted by Crippen LogP contribution is -2.27. The van der Waals surface area contributed by atoms with Crippen LogP contribution in [0.15, 0.2) is 18.5 Å². The summed E-state index contributed by atoms with van der Waals surface area (Å²) in [5.41, 5.74) is 0. The van der Waals surface area contributed by atoms with Gasteiger partial charge < -0.3 is 10.0 Å². The highest BCUT2D eigenvalue weighted by atomic mass is 16.3. The molecule has 0 radical (unpaired) electrons. The Balaban J connectivity index is 1.73. The Morgan fingerprint density at radius 2 is 2.40 bits per heavy atom. The van der Waals surface area contributed by atoms with Crippen LogP contribution in [-0.4, -0.2) is 45.5 Å². The Kier molecular flexibility index (Phi) is 3.38. The van der Waals surface area contributed by atoms with Gasteiger partial charge in [-0.15, -0.1) is 0 Å². The zero-order chi connectivity index (χ0) is 10.7. The van der Waals surface area contributed by atoms with Gasteiger partial charge in [-0.25, -0.2) is 0 Å². The second-order valence-corrected chi connectivity index (χ2v) is 4.36. The molecule has 0 saturated carbocycles. The third-order valence-electron chi connectivity index (χ3n) is 3.20. The first-order chi connectivity index (χ1) is 7.25. The van der Waals surface area contributed by atoms with Gasteiger partial charge in [0, 0.05) is 25.5 Å². The molecule has 1 saturated heterocycles. The highest BCUT2D eigenvalue weighted by Gasteiger charge is 2.25. The summed E-state index contributed by atoms with van der Waals surface area (Å²) in [4.78, 5) is 2.40. The van der Waals surface area contributed by atoms with Crippen molar-refractivity contribution in [3.63, 3.8) is 0 Å². The van der Waals surface area contributed by atoms with Crippen molar-refractivity contribution in [1.82, 2.24) is 14.7 Å². The summed E-state index contributed by atoms with van der Waals surface area (Å²) in [5.74, 6) is 0.461. The molecule has 0 bridgehead atoms. The molecule has 0 amide bonds. The van der Waals surface area contributed by atoms with Crippen molar-refractivity contribution < 1.29 is 5.11 Å². The summed E-state index contributed by atoms with van der Waals surface area (Å²) >= 11 is 0. The third-order valence-corrected chi connectivity index (χ3v) is 3.20. The van der Waals surface area contributed by atoms with Crippen molar-refractivity contribution in [2.45, 2.75) is 26.0 Å². The molecule has 84 valence electrons. The summed E-state index contributed by atoms with van der Waals surface area (Å²) in [6.45, 7) is 6.00. The second kappa shape index (κ2) is 4.77. The maximum Gasteiger partial charge on any atom is 0.0552 e. The smallest absolute Gasteiger partial charge is 0.0552 e. The highest BCUT2D eigenvalue weighted by molar-refractivity contribution is 4.81. The van der Waals surface area contributed by atoms with E-state index in [4.69, 9.17) is 0 Å². The molecule has 1 aromatic rings. The molecule has 2 heterocycles. The standard InChI is InChI=1S/C11H19N3O/c1-10(15)11-3-6-13(9-11)7-8-14-5-2-4-12-14/h2,4-5,10-11,15H,3,6-9H2,1H3. The Labute approximate surface area is 90.5 Å². The topological polar surface area (TPSA) is 41.3 Å². The predicted molar refractivity (Wildman–Crippen MR) is 58.5 cm³/mol. The van der Waals surface area contributed by atoms with Crippen molar-refractivity contribution in [3.05, 3.63) is 18.5 Å². The van der Waals surface area contributed by atoms with Crippen LogP contribution < -0.4 is 0 Å². The number of nitrogens with zero attached hydrogens (tertiary/aromatic N) is 3. The third kappa shape index (κ3) is 2.79. The van der Waals surface area contributed by atoms with E-state index in [1.807, 2.05) is 30.1 Å². The lowest BCUT2D eigenvalue weighted by molar-refractivity contribution is 0.127. The van der Waals surface area contributed by atoms with Crippen LogP contribution >= 0.6 is 0 Å². The number of aliphatic hydroxyl groups is 1. The molecule has 1 fully saturated rings. The summed E-state index contributed by atoms with van der Waals surface area (Å²) in [7, 11) is 0. The van der Waals surface area contributed by atoms with Crippen molar-refractivity contribution >= 4 is 0 Å². The number of hydrogen-bond acceptors (Lipinski definition) is 3. The van der Waals surface area contributed by atoms with Gasteiger partial charge in [-0.2, -0.15) is 5.10 Å². The fourth-order valence-corrected chi connectivity index (χ4v) is 2.14. The molecule has 15 heavy (non-hydrogen) atoms. The van der Waals surface area contributed by atoms with Gasteiger partial charge in [-0.05, 0) is 31.9 Å². The zero-order valence-electron chi connectivity index (χ0n) is 9.21. The summed E-state index contributed by atoms with van der Waals surface area (Å²) in [6.07, 6.45) is 4.75. The Morgan fingerprint density at radius 1 is 1.53 bits per heavy atom. The fourth-order valence-electron chi connectivity index (χ4n) is 2.14. The molecular weight excluding hydrogens is 190 g/mol. The largest absolute Gasteiger partial charge is 0.393 e. The summed E-state index contributed by atoms with van der Waals surface area (Å²) in [6, 6.07) is 1.95. The molecule has 1 N–H and O–H groups in total. The minimum absolute atomic E-state index is 0.167. The van der Waals surface area contributed by atoms with Crippen LogP contribution in [0.5, 0.6) is 0 Å². The Hall–Kier alpha value is -0.870. The number of aliphatic hydroxyl groups excluding tert-OH is 1. The van der Waals surface area contributed by atoms with E-state index in [-0.39, 0.29) is 6.10 Å². The van der Waals surface area contributed by atoms with Gasteiger partial charge in [0.15, 0.2) is 0 Å². The van der Waals surface area contributed by atoms with Gasteiger partial charge in [0.25, 0.3) is 0 Å². The number of rotatable bonds is 4. The van der Waals surface area contributed by atoms with Gasteiger partial charge in [0.2, 0.25) is 0 Å². The summed E-state index contributed by atoms with van der Waals surface area (Å²) < 4.78 is 1.95. The quantitative estimate of drug-likeness (QED) is 0.789. The average molecular weight is 209 g/mol. The molecule has 2 atom stereocenters. The van der Waals surface area contributed by atoms with Crippen LogP contribution in [0, 0.1) is 5.92 Å². The molecule has 1 aromatic heterocycles. The molecular formula is C11H19N3O. The van der Waals surface area contributed by atoms with Gasteiger partial charge >= 0.3 is 0 Å². The van der Waals surface area contributed by atoms with Gasteiger partial charge in [0.05, 0.1) is 12.6 Å². The maximum absolute atomic E-state index is 9.48. The Bertz CT molecular complexity index is 284. The molecule has 0 spiro atoms. The van der Waals surface area contributed by atoms with E-state index in [1.165, 1.54) is 0 Å². The molecule has 2 rings (SSSR count). The zero-order valence-corrected chi connectivity index (χ0v) is 9.21. The van der Waals surface area contributed by atoms with Gasteiger partial charge in [0.1, 0.15) is 0 Å². The van der Waals surface area contributed by atoms with E-state index < -0.39 is 0 Å². The lowest BCUT2D eigenvalue weighted by Gasteiger charge is -2.17. The first-order valence-electron chi connectivity index (χ1n) is 5.63. The van der Waals surface area contributed by atoms with E-state index in [1.54, 1.807) is 0 Å². The van der Waals surface area contributed by atoms with Crippen molar-refractivity contribution in [3.8, 4) is 0 Å². The first kappa shape index (κ1) is 10.6. The van der Waals surface area contributed by atoms with Crippen molar-refractivity contribution in [2.24, 2.45) is 5.92 Å². The fraction of sp³-hybridized carbons (Fsp3) is 0.727. The van der Waals surface area contributed by atoms with Gasteiger partial charge in [-0.3, -0.25) is 4.68 Å². The minimum Gasteiger partial charge on any atom is -0.393 e. The first-order valence-corrected chi connectivity index (χ1v) is 5.63. The van der Waals surface area contributed by atoms with Crippen LogP contribution in [0.1, 0.15) is 13.3 Å². The molecule has 4 heteroatoms. The van der Waals surface area contributed by atoms with Gasteiger partial charge in [-0.1, -0.05) is 0 Å². The van der Waals surface area contributed by atoms with Crippen LogP contribution in [0.2, 0.25) is 0 Å². The predicted octanol–water partition coefficient (Wildman–Crippen LogP) is 0.586. The van der Waals surface area contributed by atoms with E-state index in [2.05, 4.69) is 10.00 Å².